The largest absolute Gasteiger partial charge is 0.496 e. The van der Waals surface area contributed by atoms with Gasteiger partial charge in [0.05, 0.1) is 12.7 Å². The van der Waals surface area contributed by atoms with Crippen LogP contribution in [0.25, 0.3) is 11.4 Å². The molecule has 2 heterocycles. The number of amides is 2. The molecule has 0 spiro atoms. The van der Waals surface area contributed by atoms with Crippen molar-refractivity contribution in [3.8, 4) is 17.1 Å². The van der Waals surface area contributed by atoms with Gasteiger partial charge in [0.15, 0.2) is 5.82 Å². The number of carbonyl (C=O) groups excluding carboxylic acids is 2. The van der Waals surface area contributed by atoms with Crippen molar-refractivity contribution in [2.45, 2.75) is 44.7 Å². The Morgan fingerprint density at radius 2 is 1.89 bits per heavy atom. The highest BCUT2D eigenvalue weighted by Crippen LogP contribution is 2.24. The molecule has 0 saturated carbocycles. The summed E-state index contributed by atoms with van der Waals surface area (Å²) in [5.74, 6) is 2.51. The summed E-state index contributed by atoms with van der Waals surface area (Å²) < 4.78 is 7.49. The van der Waals surface area contributed by atoms with Crippen LogP contribution >= 0.6 is 11.8 Å². The minimum absolute atomic E-state index is 0.258. The number of benzene rings is 2. The van der Waals surface area contributed by atoms with Crippen molar-refractivity contribution < 1.29 is 14.3 Å². The normalized spacial score (nSPS) is 13.9. The molecule has 2 amide bonds. The summed E-state index contributed by atoms with van der Waals surface area (Å²) >= 11 is 1.63. The van der Waals surface area contributed by atoms with Gasteiger partial charge in [-0.2, -0.15) is 11.8 Å². The minimum Gasteiger partial charge on any atom is -0.496 e. The minimum atomic E-state index is -0.674. The van der Waals surface area contributed by atoms with Crippen LogP contribution in [0.2, 0.25) is 0 Å². The molecule has 0 radical (unpaired) electrons. The van der Waals surface area contributed by atoms with E-state index in [9.17, 15) is 9.59 Å². The predicted octanol–water partition coefficient (Wildman–Crippen LogP) is 4.17. The molecule has 0 fully saturated rings. The van der Waals surface area contributed by atoms with Crippen LogP contribution < -0.4 is 15.4 Å². The second-order valence-electron chi connectivity index (χ2n) is 8.48. The second-order valence-corrected chi connectivity index (χ2v) is 9.46. The molecule has 1 aromatic heterocycles. The van der Waals surface area contributed by atoms with Gasteiger partial charge in [0.2, 0.25) is 5.91 Å². The quantitative estimate of drug-likeness (QED) is 0.464. The fraction of sp³-hybridized carbons (Fsp3) is 0.385. The van der Waals surface area contributed by atoms with E-state index in [0.29, 0.717) is 23.4 Å². The maximum Gasteiger partial charge on any atom is 0.255 e. The summed E-state index contributed by atoms with van der Waals surface area (Å²) in [5.41, 5.74) is 2.02. The van der Waals surface area contributed by atoms with Crippen molar-refractivity contribution >= 4 is 29.3 Å². The number of nitrogens with zero attached hydrogens (tertiary/aromatic N) is 3. The van der Waals surface area contributed by atoms with Gasteiger partial charge in [0.1, 0.15) is 17.6 Å². The van der Waals surface area contributed by atoms with E-state index in [0.717, 1.165) is 48.8 Å². The average molecular weight is 494 g/mol. The van der Waals surface area contributed by atoms with E-state index in [1.807, 2.05) is 30.5 Å². The Hall–Kier alpha value is -3.33. The third kappa shape index (κ3) is 6.03. The Bertz CT molecular complexity index is 1160. The fourth-order valence-corrected chi connectivity index (χ4v) is 4.67. The third-order valence-corrected chi connectivity index (χ3v) is 6.75. The lowest BCUT2D eigenvalue weighted by Gasteiger charge is -2.19. The molecule has 0 aliphatic carbocycles. The number of aromatic nitrogens is 3. The highest BCUT2D eigenvalue weighted by atomic mass is 32.2. The predicted molar refractivity (Wildman–Crippen MR) is 139 cm³/mol. The first-order valence-corrected chi connectivity index (χ1v) is 13.3. The number of hydrogen-bond donors (Lipinski definition) is 2. The van der Waals surface area contributed by atoms with Gasteiger partial charge in [-0.1, -0.05) is 18.6 Å². The van der Waals surface area contributed by atoms with Crippen molar-refractivity contribution in [3.63, 3.8) is 0 Å². The van der Waals surface area contributed by atoms with E-state index in [2.05, 4.69) is 25.4 Å². The molecular weight excluding hydrogens is 462 g/mol. The monoisotopic (exact) mass is 493 g/mol. The Kier molecular flexibility index (Phi) is 8.41. The van der Waals surface area contributed by atoms with Crippen molar-refractivity contribution in [1.82, 2.24) is 20.1 Å². The lowest BCUT2D eigenvalue weighted by Crippen LogP contribution is -2.44. The maximum atomic E-state index is 13.1. The fourth-order valence-electron chi connectivity index (χ4n) is 4.20. The Morgan fingerprint density at radius 1 is 1.09 bits per heavy atom. The first kappa shape index (κ1) is 24.8. The Morgan fingerprint density at radius 3 is 2.66 bits per heavy atom. The molecule has 4 rings (SSSR count). The summed E-state index contributed by atoms with van der Waals surface area (Å²) in [7, 11) is 1.52. The number of carbonyl (C=O) groups is 2. The molecule has 1 aliphatic rings. The number of aryl methyl sites for hydroxylation is 1. The van der Waals surface area contributed by atoms with Gasteiger partial charge in [-0.05, 0) is 67.7 Å². The number of anilines is 1. The zero-order valence-electron chi connectivity index (χ0n) is 20.1. The van der Waals surface area contributed by atoms with Gasteiger partial charge >= 0.3 is 0 Å². The van der Waals surface area contributed by atoms with Crippen LogP contribution in [0.4, 0.5) is 5.69 Å². The van der Waals surface area contributed by atoms with E-state index in [-0.39, 0.29) is 11.8 Å². The molecule has 35 heavy (non-hydrogen) atoms. The molecule has 2 aromatic carbocycles. The van der Waals surface area contributed by atoms with Crippen LogP contribution in [-0.4, -0.2) is 51.7 Å². The molecule has 2 N–H and O–H groups in total. The SMILES string of the molecule is COc1ccccc1C(=O)N[C@@H](CCSC)C(=O)Nc1ccc(-c2nnc3n2CCCCC3)cc1. The highest BCUT2D eigenvalue weighted by Gasteiger charge is 2.23. The van der Waals surface area contributed by atoms with Gasteiger partial charge in [-0.25, -0.2) is 0 Å². The molecule has 1 aliphatic heterocycles. The molecule has 184 valence electrons. The Balaban J connectivity index is 1.45. The molecule has 3 aromatic rings. The number of fused-ring (bicyclic) bond motifs is 1. The molecule has 0 bridgehead atoms. The molecular formula is C26H31N5O3S. The number of hydrogen-bond acceptors (Lipinski definition) is 6. The molecule has 1 atom stereocenters. The van der Waals surface area contributed by atoms with Gasteiger partial charge < -0.3 is 19.9 Å². The van der Waals surface area contributed by atoms with Crippen molar-refractivity contribution in [3.05, 3.63) is 59.9 Å². The van der Waals surface area contributed by atoms with E-state index < -0.39 is 6.04 Å². The van der Waals surface area contributed by atoms with Gasteiger partial charge in [-0.3, -0.25) is 9.59 Å². The number of para-hydroxylation sites is 1. The number of rotatable bonds is 9. The topological polar surface area (TPSA) is 98.1 Å². The zero-order chi connectivity index (χ0) is 24.6. The van der Waals surface area contributed by atoms with Crippen LogP contribution in [-0.2, 0) is 17.8 Å². The highest BCUT2D eigenvalue weighted by molar-refractivity contribution is 7.98. The van der Waals surface area contributed by atoms with Crippen LogP contribution in [0.3, 0.4) is 0 Å². The summed E-state index contributed by atoms with van der Waals surface area (Å²) in [6.07, 6.45) is 6.93. The molecule has 0 unspecified atom stereocenters. The van der Waals surface area contributed by atoms with Gasteiger partial charge in [0, 0.05) is 24.2 Å². The lowest BCUT2D eigenvalue weighted by atomic mass is 10.1. The van der Waals surface area contributed by atoms with E-state index in [1.54, 1.807) is 36.0 Å². The zero-order valence-corrected chi connectivity index (χ0v) is 20.9. The lowest BCUT2D eigenvalue weighted by molar-refractivity contribution is -0.118. The number of thioether (sulfide) groups is 1. The maximum absolute atomic E-state index is 13.1. The van der Waals surface area contributed by atoms with Crippen LogP contribution in [0.5, 0.6) is 5.75 Å². The smallest absolute Gasteiger partial charge is 0.255 e. The van der Waals surface area contributed by atoms with Gasteiger partial charge in [0.25, 0.3) is 5.91 Å². The summed E-state index contributed by atoms with van der Waals surface area (Å²) in [6, 6.07) is 13.9. The summed E-state index contributed by atoms with van der Waals surface area (Å²) in [6.45, 7) is 0.930. The van der Waals surface area contributed by atoms with E-state index in [4.69, 9.17) is 4.74 Å². The van der Waals surface area contributed by atoms with Crippen molar-refractivity contribution in [1.29, 1.82) is 0 Å². The van der Waals surface area contributed by atoms with Crippen molar-refractivity contribution in [2.24, 2.45) is 0 Å². The number of nitrogens with one attached hydrogen (secondary N) is 2. The third-order valence-electron chi connectivity index (χ3n) is 6.10. The van der Waals surface area contributed by atoms with Crippen LogP contribution in [0.15, 0.2) is 48.5 Å². The molecule has 0 saturated heterocycles. The molecule has 9 heteroatoms. The van der Waals surface area contributed by atoms with Crippen LogP contribution in [0.1, 0.15) is 41.9 Å². The standard InChI is InChI=1S/C26H31N5O3S/c1-34-22-9-6-5-8-20(22)25(32)28-21(15-17-35-2)26(33)27-19-13-11-18(12-14-19)24-30-29-23-10-4-3-7-16-31(23)24/h5-6,8-9,11-14,21H,3-4,7,10,15-17H2,1-2H3,(H,27,33)(H,28,32)/t21-/m0/s1. The first-order valence-electron chi connectivity index (χ1n) is 11.9. The van der Waals surface area contributed by atoms with Gasteiger partial charge in [-0.15, -0.1) is 10.2 Å². The van der Waals surface area contributed by atoms with E-state index in [1.165, 1.54) is 13.5 Å². The summed E-state index contributed by atoms with van der Waals surface area (Å²) in [4.78, 5) is 26.0. The van der Waals surface area contributed by atoms with Crippen molar-refractivity contribution in [2.75, 3.05) is 24.4 Å². The Labute approximate surface area is 209 Å². The first-order chi connectivity index (χ1) is 17.1. The number of methoxy groups -OCH3 is 1. The van der Waals surface area contributed by atoms with Crippen LogP contribution in [0, 0.1) is 0 Å². The number of ether oxygens (including phenoxy) is 1. The summed E-state index contributed by atoms with van der Waals surface area (Å²) in [5, 5.41) is 14.6. The second kappa shape index (κ2) is 11.9. The average Bonchev–Trinajstić information content (AvgIpc) is 3.14. The molecule has 8 nitrogen and oxygen atoms in total. The van der Waals surface area contributed by atoms with E-state index >= 15 is 0 Å².